The fourth-order valence-electron chi connectivity index (χ4n) is 6.82. The molecule has 0 bridgehead atoms. The van der Waals surface area contributed by atoms with E-state index in [0.717, 1.165) is 49.8 Å². The molecule has 0 aliphatic heterocycles. The molecule has 10 rings (SSSR count). The van der Waals surface area contributed by atoms with Gasteiger partial charge in [-0.05, 0) is 70.8 Å². The van der Waals surface area contributed by atoms with Crippen molar-refractivity contribution in [3.05, 3.63) is 164 Å². The molecular formula is C45H27N3OS. The molecule has 3 aromatic heterocycles. The van der Waals surface area contributed by atoms with Crippen LogP contribution in [-0.2, 0) is 0 Å². The maximum atomic E-state index is 6.26. The van der Waals surface area contributed by atoms with E-state index in [0.29, 0.717) is 17.5 Å². The maximum Gasteiger partial charge on any atom is 0.164 e. The lowest BCUT2D eigenvalue weighted by Gasteiger charge is -2.10. The fourth-order valence-corrected chi connectivity index (χ4v) is 7.90. The van der Waals surface area contributed by atoms with Crippen molar-refractivity contribution in [2.45, 2.75) is 0 Å². The minimum absolute atomic E-state index is 0.597. The van der Waals surface area contributed by atoms with Crippen LogP contribution in [0.4, 0.5) is 0 Å². The van der Waals surface area contributed by atoms with Gasteiger partial charge in [-0.15, -0.1) is 11.3 Å². The Bertz CT molecular complexity index is 2870. The second-order valence-electron chi connectivity index (χ2n) is 12.4. The predicted molar refractivity (Wildman–Crippen MR) is 207 cm³/mol. The molecule has 0 fully saturated rings. The molecule has 3 heterocycles. The van der Waals surface area contributed by atoms with Gasteiger partial charge in [-0.1, -0.05) is 115 Å². The van der Waals surface area contributed by atoms with Crippen LogP contribution in [0.3, 0.4) is 0 Å². The molecule has 5 heteroatoms. The quantitative estimate of drug-likeness (QED) is 0.185. The zero-order valence-electron chi connectivity index (χ0n) is 26.7. The third-order valence-electron chi connectivity index (χ3n) is 9.35. The summed E-state index contributed by atoms with van der Waals surface area (Å²) >= 11 is 1.80. The van der Waals surface area contributed by atoms with E-state index in [4.69, 9.17) is 19.4 Å². The van der Waals surface area contributed by atoms with E-state index in [2.05, 4.69) is 133 Å². The molecule has 0 aliphatic rings. The number of para-hydroxylation sites is 1. The van der Waals surface area contributed by atoms with E-state index in [1.54, 1.807) is 11.3 Å². The number of nitrogens with zero attached hydrogens (tertiary/aromatic N) is 3. The summed E-state index contributed by atoms with van der Waals surface area (Å²) in [7, 11) is 0. The highest BCUT2D eigenvalue weighted by Crippen LogP contribution is 2.37. The Balaban J connectivity index is 1.11. The number of thiophene rings is 1. The van der Waals surface area contributed by atoms with Crippen molar-refractivity contribution in [1.82, 2.24) is 15.0 Å². The van der Waals surface area contributed by atoms with Crippen molar-refractivity contribution < 1.29 is 4.42 Å². The van der Waals surface area contributed by atoms with Gasteiger partial charge in [-0.3, -0.25) is 0 Å². The molecule has 0 unspecified atom stereocenters. The third-order valence-corrected chi connectivity index (χ3v) is 10.5. The van der Waals surface area contributed by atoms with Crippen LogP contribution in [0, 0.1) is 0 Å². The average Bonchev–Trinajstić information content (AvgIpc) is 3.76. The normalized spacial score (nSPS) is 11.6. The Hall–Kier alpha value is -6.43. The zero-order valence-corrected chi connectivity index (χ0v) is 27.6. The van der Waals surface area contributed by atoms with Gasteiger partial charge in [0.05, 0.1) is 0 Å². The SMILES string of the molecule is c1ccc(-c2ccc(-c3cccc(-c4nc(-c5ccc6c(c5)oc5ccccc56)nc(-c5ccc6sc7ccccc7c6c5)n4)c3)cc2)cc1. The monoisotopic (exact) mass is 657 g/mol. The zero-order chi connectivity index (χ0) is 33.0. The Kier molecular flexibility index (Phi) is 6.64. The highest BCUT2D eigenvalue weighted by Gasteiger charge is 2.16. The van der Waals surface area contributed by atoms with Gasteiger partial charge >= 0.3 is 0 Å². The molecule has 0 atom stereocenters. The van der Waals surface area contributed by atoms with Gasteiger partial charge in [0.1, 0.15) is 11.2 Å². The van der Waals surface area contributed by atoms with Gasteiger partial charge in [0, 0.05) is 47.6 Å². The van der Waals surface area contributed by atoms with Gasteiger partial charge in [0.25, 0.3) is 0 Å². The number of rotatable bonds is 5. The second-order valence-corrected chi connectivity index (χ2v) is 13.5. The van der Waals surface area contributed by atoms with E-state index in [-0.39, 0.29) is 0 Å². The number of benzene rings is 7. The second kappa shape index (κ2) is 11.6. The van der Waals surface area contributed by atoms with Crippen molar-refractivity contribution >= 4 is 53.4 Å². The van der Waals surface area contributed by atoms with Crippen molar-refractivity contribution in [3.8, 4) is 56.4 Å². The van der Waals surface area contributed by atoms with Gasteiger partial charge in [-0.25, -0.2) is 15.0 Å². The minimum atomic E-state index is 0.597. The first kappa shape index (κ1) is 28.6. The van der Waals surface area contributed by atoms with E-state index in [1.165, 1.54) is 31.3 Å². The van der Waals surface area contributed by atoms with Crippen LogP contribution in [0.15, 0.2) is 168 Å². The molecule has 234 valence electrons. The number of hydrogen-bond acceptors (Lipinski definition) is 5. The first-order chi connectivity index (χ1) is 24.7. The summed E-state index contributed by atoms with van der Waals surface area (Å²) in [6.07, 6.45) is 0. The lowest BCUT2D eigenvalue weighted by atomic mass is 9.99. The number of fused-ring (bicyclic) bond motifs is 6. The van der Waals surface area contributed by atoms with Crippen LogP contribution in [0.25, 0.3) is 98.5 Å². The van der Waals surface area contributed by atoms with Crippen LogP contribution in [0.2, 0.25) is 0 Å². The third kappa shape index (κ3) is 4.95. The van der Waals surface area contributed by atoms with E-state index in [1.807, 2.05) is 30.3 Å². The summed E-state index contributed by atoms with van der Waals surface area (Å²) in [5, 5.41) is 4.61. The Morgan fingerprint density at radius 2 is 0.840 bits per heavy atom. The molecule has 0 spiro atoms. The molecular weight excluding hydrogens is 631 g/mol. The fraction of sp³-hybridized carbons (Fsp3) is 0. The first-order valence-corrected chi connectivity index (χ1v) is 17.4. The molecule has 50 heavy (non-hydrogen) atoms. The smallest absolute Gasteiger partial charge is 0.164 e. The summed E-state index contributed by atoms with van der Waals surface area (Å²) in [6.45, 7) is 0. The van der Waals surface area contributed by atoms with Crippen LogP contribution in [0.1, 0.15) is 0 Å². The van der Waals surface area contributed by atoms with E-state index in [9.17, 15) is 0 Å². The van der Waals surface area contributed by atoms with Crippen molar-refractivity contribution in [1.29, 1.82) is 0 Å². The molecule has 0 amide bonds. The maximum absolute atomic E-state index is 6.26. The minimum Gasteiger partial charge on any atom is -0.456 e. The standard InChI is InChI=1S/C45H27N3OS/c1-2-9-28(10-3-1)29-17-19-30(20-18-29)31-11-8-12-32(25-31)43-46-44(33-22-24-42-38(26-33)37-14-5-7-16-41(37)50-42)48-45(47-43)34-21-23-36-35-13-4-6-15-39(35)49-40(36)27-34/h1-27H. The molecule has 0 saturated heterocycles. The molecule has 0 saturated carbocycles. The average molecular weight is 658 g/mol. The molecule has 10 aromatic rings. The Labute approximate surface area is 292 Å². The Morgan fingerprint density at radius 1 is 0.320 bits per heavy atom. The molecule has 0 aliphatic carbocycles. The van der Waals surface area contributed by atoms with Gasteiger partial charge in [0.2, 0.25) is 0 Å². The van der Waals surface area contributed by atoms with Crippen LogP contribution in [0.5, 0.6) is 0 Å². The van der Waals surface area contributed by atoms with Crippen molar-refractivity contribution in [3.63, 3.8) is 0 Å². The van der Waals surface area contributed by atoms with E-state index < -0.39 is 0 Å². The topological polar surface area (TPSA) is 51.8 Å². The summed E-state index contributed by atoms with van der Waals surface area (Å²) in [5.74, 6) is 1.84. The number of furan rings is 1. The lowest BCUT2D eigenvalue weighted by Crippen LogP contribution is -2.00. The first-order valence-electron chi connectivity index (χ1n) is 16.6. The molecule has 7 aromatic carbocycles. The van der Waals surface area contributed by atoms with Crippen molar-refractivity contribution in [2.75, 3.05) is 0 Å². The molecule has 0 radical (unpaired) electrons. The summed E-state index contributed by atoms with van der Waals surface area (Å²) in [4.78, 5) is 15.3. The van der Waals surface area contributed by atoms with Crippen LogP contribution in [-0.4, -0.2) is 15.0 Å². The predicted octanol–water partition coefficient (Wildman–Crippen LogP) is 12.5. The summed E-state index contributed by atoms with van der Waals surface area (Å²) < 4.78 is 8.77. The van der Waals surface area contributed by atoms with Crippen LogP contribution >= 0.6 is 11.3 Å². The lowest BCUT2D eigenvalue weighted by molar-refractivity contribution is 0.669. The van der Waals surface area contributed by atoms with Gasteiger partial charge in [-0.2, -0.15) is 0 Å². The highest BCUT2D eigenvalue weighted by atomic mass is 32.1. The van der Waals surface area contributed by atoms with Gasteiger partial charge in [0.15, 0.2) is 17.5 Å². The largest absolute Gasteiger partial charge is 0.456 e. The van der Waals surface area contributed by atoms with Crippen molar-refractivity contribution in [2.24, 2.45) is 0 Å². The number of aromatic nitrogens is 3. The van der Waals surface area contributed by atoms with E-state index >= 15 is 0 Å². The molecule has 0 N–H and O–H groups in total. The number of hydrogen-bond donors (Lipinski definition) is 0. The summed E-state index contributed by atoms with van der Waals surface area (Å²) in [6, 6.07) is 57.0. The molecule has 4 nitrogen and oxygen atoms in total. The Morgan fingerprint density at radius 3 is 1.64 bits per heavy atom. The highest BCUT2D eigenvalue weighted by molar-refractivity contribution is 7.25. The van der Waals surface area contributed by atoms with Gasteiger partial charge < -0.3 is 4.42 Å². The summed E-state index contributed by atoms with van der Waals surface area (Å²) in [5.41, 5.74) is 9.03. The van der Waals surface area contributed by atoms with Crippen LogP contribution < -0.4 is 0 Å².